The summed E-state index contributed by atoms with van der Waals surface area (Å²) >= 11 is 0. The van der Waals surface area contributed by atoms with Crippen molar-refractivity contribution in [2.24, 2.45) is 0 Å². The quantitative estimate of drug-likeness (QED) is 0.550. The molecule has 0 saturated carbocycles. The van der Waals surface area contributed by atoms with E-state index >= 15 is 0 Å². The summed E-state index contributed by atoms with van der Waals surface area (Å²) in [6.45, 7) is 0.605. The van der Waals surface area contributed by atoms with Crippen LogP contribution in [-0.4, -0.2) is 37.0 Å². The zero-order valence-electron chi connectivity index (χ0n) is 12.9. The van der Waals surface area contributed by atoms with Crippen molar-refractivity contribution in [1.29, 1.82) is 0 Å². The Hall–Kier alpha value is -3.22. The maximum atomic E-state index is 12.3. The van der Waals surface area contributed by atoms with Gasteiger partial charge in [0.2, 0.25) is 0 Å². The Kier molecular flexibility index (Phi) is 3.66. The molecule has 3 aromatic heterocycles. The minimum Gasteiger partial charge on any atom is -0.360 e. The molecule has 1 aromatic carbocycles. The monoisotopic (exact) mass is 320 g/mol. The molecule has 0 atom stereocenters. The summed E-state index contributed by atoms with van der Waals surface area (Å²) in [6.07, 6.45) is 8.59. The lowest BCUT2D eigenvalue weighted by molar-refractivity contribution is 0.0955. The van der Waals surface area contributed by atoms with Gasteiger partial charge in [-0.2, -0.15) is 10.1 Å². The Morgan fingerprint density at radius 2 is 2.17 bits per heavy atom. The first-order valence-electron chi connectivity index (χ1n) is 7.80. The number of nitrogens with one attached hydrogen (secondary N) is 2. The Bertz CT molecular complexity index is 1000. The number of rotatable bonds is 5. The van der Waals surface area contributed by atoms with E-state index in [1.807, 2.05) is 30.5 Å². The molecule has 0 radical (unpaired) electrons. The zero-order valence-corrected chi connectivity index (χ0v) is 12.9. The molecule has 4 rings (SSSR count). The molecule has 7 heteroatoms. The molecular weight excluding hydrogens is 304 g/mol. The molecule has 0 fully saturated rings. The van der Waals surface area contributed by atoms with Gasteiger partial charge in [0.05, 0.1) is 5.56 Å². The van der Waals surface area contributed by atoms with Crippen LogP contribution in [0.2, 0.25) is 0 Å². The molecular formula is C17H16N6O. The number of fused-ring (bicyclic) bond motifs is 2. The SMILES string of the molecule is O=C(NCCCc1cnc2ncnn2c1)c1c[nH]c2ccccc12. The van der Waals surface area contributed by atoms with Crippen LogP contribution in [0.1, 0.15) is 22.3 Å². The first-order chi connectivity index (χ1) is 11.8. The molecule has 0 unspecified atom stereocenters. The Balaban J connectivity index is 1.34. The zero-order chi connectivity index (χ0) is 16.4. The van der Waals surface area contributed by atoms with Gasteiger partial charge in [0, 0.05) is 36.0 Å². The fourth-order valence-corrected chi connectivity index (χ4v) is 2.74. The fourth-order valence-electron chi connectivity index (χ4n) is 2.74. The Morgan fingerprint density at radius 1 is 1.25 bits per heavy atom. The summed E-state index contributed by atoms with van der Waals surface area (Å²) in [4.78, 5) is 23.7. The maximum Gasteiger partial charge on any atom is 0.253 e. The Morgan fingerprint density at radius 3 is 3.12 bits per heavy atom. The van der Waals surface area contributed by atoms with Crippen LogP contribution < -0.4 is 5.32 Å². The van der Waals surface area contributed by atoms with E-state index in [4.69, 9.17) is 0 Å². The number of H-pyrrole nitrogens is 1. The molecule has 0 aliphatic heterocycles. The average molecular weight is 320 g/mol. The molecule has 1 amide bonds. The molecule has 24 heavy (non-hydrogen) atoms. The van der Waals surface area contributed by atoms with Gasteiger partial charge in [-0.1, -0.05) is 18.2 Å². The van der Waals surface area contributed by atoms with Crippen LogP contribution in [-0.2, 0) is 6.42 Å². The predicted molar refractivity (Wildman–Crippen MR) is 89.7 cm³/mol. The van der Waals surface area contributed by atoms with Crippen molar-refractivity contribution in [3.05, 3.63) is 60.3 Å². The van der Waals surface area contributed by atoms with Gasteiger partial charge in [-0.15, -0.1) is 0 Å². The molecule has 3 heterocycles. The Labute approximate surface area is 137 Å². The summed E-state index contributed by atoms with van der Waals surface area (Å²) in [6, 6.07) is 7.78. The van der Waals surface area contributed by atoms with Crippen molar-refractivity contribution in [3.8, 4) is 0 Å². The van der Waals surface area contributed by atoms with Crippen LogP contribution in [0.5, 0.6) is 0 Å². The van der Waals surface area contributed by atoms with Gasteiger partial charge in [0.25, 0.3) is 11.7 Å². The second-order valence-corrected chi connectivity index (χ2v) is 5.57. The van der Waals surface area contributed by atoms with E-state index in [-0.39, 0.29) is 5.91 Å². The predicted octanol–water partition coefficient (Wildman–Crippen LogP) is 1.97. The topological polar surface area (TPSA) is 88.0 Å². The third-order valence-electron chi connectivity index (χ3n) is 3.95. The van der Waals surface area contributed by atoms with E-state index in [1.54, 1.807) is 16.9 Å². The van der Waals surface area contributed by atoms with Crippen LogP contribution >= 0.6 is 0 Å². The lowest BCUT2D eigenvalue weighted by Crippen LogP contribution is -2.24. The van der Waals surface area contributed by atoms with E-state index in [0.29, 0.717) is 17.9 Å². The maximum absolute atomic E-state index is 12.3. The third kappa shape index (κ3) is 2.71. The largest absolute Gasteiger partial charge is 0.360 e. The van der Waals surface area contributed by atoms with E-state index in [1.165, 1.54) is 6.33 Å². The number of nitrogens with zero attached hydrogens (tertiary/aromatic N) is 4. The van der Waals surface area contributed by atoms with Gasteiger partial charge in [-0.05, 0) is 24.5 Å². The molecule has 2 N–H and O–H groups in total. The highest BCUT2D eigenvalue weighted by Crippen LogP contribution is 2.17. The number of para-hydroxylation sites is 1. The molecule has 0 aliphatic rings. The van der Waals surface area contributed by atoms with Gasteiger partial charge >= 0.3 is 0 Å². The summed E-state index contributed by atoms with van der Waals surface area (Å²) in [7, 11) is 0. The summed E-state index contributed by atoms with van der Waals surface area (Å²) in [5.74, 6) is 0.531. The minimum absolute atomic E-state index is 0.0581. The summed E-state index contributed by atoms with van der Waals surface area (Å²) in [5, 5.41) is 7.97. The fraction of sp³-hybridized carbons (Fsp3) is 0.176. The smallest absolute Gasteiger partial charge is 0.253 e. The minimum atomic E-state index is -0.0581. The van der Waals surface area contributed by atoms with Crippen LogP contribution in [0.25, 0.3) is 16.7 Å². The van der Waals surface area contributed by atoms with Crippen LogP contribution in [0, 0.1) is 0 Å². The van der Waals surface area contributed by atoms with Crippen molar-refractivity contribution >= 4 is 22.6 Å². The van der Waals surface area contributed by atoms with E-state index in [9.17, 15) is 4.79 Å². The molecule has 120 valence electrons. The van der Waals surface area contributed by atoms with Gasteiger partial charge in [0.15, 0.2) is 0 Å². The van der Waals surface area contributed by atoms with Crippen molar-refractivity contribution in [2.45, 2.75) is 12.8 Å². The van der Waals surface area contributed by atoms with Gasteiger partial charge < -0.3 is 10.3 Å². The van der Waals surface area contributed by atoms with Crippen molar-refractivity contribution in [1.82, 2.24) is 29.9 Å². The number of hydrogen-bond donors (Lipinski definition) is 2. The summed E-state index contributed by atoms with van der Waals surface area (Å²) < 4.78 is 1.65. The van der Waals surface area contributed by atoms with Crippen molar-refractivity contribution in [2.75, 3.05) is 6.54 Å². The number of aryl methyl sites for hydroxylation is 1. The number of aromatic amines is 1. The number of benzene rings is 1. The van der Waals surface area contributed by atoms with Crippen molar-refractivity contribution in [3.63, 3.8) is 0 Å². The van der Waals surface area contributed by atoms with Gasteiger partial charge in [-0.25, -0.2) is 9.50 Å². The first-order valence-corrected chi connectivity index (χ1v) is 7.80. The second kappa shape index (κ2) is 6.11. The van der Waals surface area contributed by atoms with Crippen LogP contribution in [0.4, 0.5) is 0 Å². The van der Waals surface area contributed by atoms with E-state index in [2.05, 4.69) is 25.4 Å². The van der Waals surface area contributed by atoms with Gasteiger partial charge in [0.1, 0.15) is 6.33 Å². The third-order valence-corrected chi connectivity index (χ3v) is 3.95. The second-order valence-electron chi connectivity index (χ2n) is 5.57. The van der Waals surface area contributed by atoms with E-state index < -0.39 is 0 Å². The molecule has 0 spiro atoms. The number of hydrogen-bond acceptors (Lipinski definition) is 4. The highest BCUT2D eigenvalue weighted by Gasteiger charge is 2.10. The first kappa shape index (κ1) is 14.4. The number of carbonyl (C=O) groups excluding carboxylic acids is 1. The lowest BCUT2D eigenvalue weighted by atomic mass is 10.1. The van der Waals surface area contributed by atoms with Gasteiger partial charge in [-0.3, -0.25) is 4.79 Å². The summed E-state index contributed by atoms with van der Waals surface area (Å²) in [5.41, 5.74) is 2.71. The standard InChI is InChI=1S/C17H16N6O/c24-16(14-9-19-15-6-2-1-5-13(14)15)18-7-3-4-12-8-20-17-21-11-22-23(17)10-12/h1-2,5-6,8-11,19H,3-4,7H2,(H,18,24). The number of amides is 1. The van der Waals surface area contributed by atoms with E-state index in [0.717, 1.165) is 29.3 Å². The highest BCUT2D eigenvalue weighted by atomic mass is 16.1. The molecule has 0 bridgehead atoms. The van der Waals surface area contributed by atoms with Crippen molar-refractivity contribution < 1.29 is 4.79 Å². The lowest BCUT2D eigenvalue weighted by Gasteiger charge is -2.05. The van der Waals surface area contributed by atoms with Crippen LogP contribution in [0.3, 0.4) is 0 Å². The molecule has 7 nitrogen and oxygen atoms in total. The molecule has 0 aliphatic carbocycles. The molecule has 0 saturated heterocycles. The number of carbonyl (C=O) groups is 1. The molecule has 4 aromatic rings. The average Bonchev–Trinajstić information content (AvgIpc) is 3.24. The number of aromatic nitrogens is 5. The van der Waals surface area contributed by atoms with Crippen LogP contribution in [0.15, 0.2) is 49.2 Å². The highest BCUT2D eigenvalue weighted by molar-refractivity contribution is 6.06. The normalized spacial score (nSPS) is 11.2.